The van der Waals surface area contributed by atoms with Crippen LogP contribution < -0.4 is 0 Å². The monoisotopic (exact) mass is 675 g/mol. The average molecular weight is 675 g/mol. The normalized spacial score (nSPS) is 16.4. The second-order valence-corrected chi connectivity index (χ2v) is 16.6. The molecule has 0 spiro atoms. The zero-order valence-electron chi connectivity index (χ0n) is 34.0. The van der Waals surface area contributed by atoms with E-state index in [0.29, 0.717) is 6.10 Å². The van der Waals surface area contributed by atoms with E-state index in [4.69, 9.17) is 4.74 Å². The molecule has 1 heterocycles. The predicted molar refractivity (Wildman–Crippen MR) is 218 cm³/mol. The van der Waals surface area contributed by atoms with Crippen LogP contribution in [-0.4, -0.2) is 12.7 Å². The summed E-state index contributed by atoms with van der Waals surface area (Å²) in [6, 6.07) is 0. The highest BCUT2D eigenvalue weighted by atomic mass is 16.5. The number of hydrogen-bond donors (Lipinski definition) is 0. The highest BCUT2D eigenvalue weighted by Crippen LogP contribution is 2.30. The van der Waals surface area contributed by atoms with Crippen LogP contribution in [0.4, 0.5) is 0 Å². The molecular weight excluding hydrogens is 581 g/mol. The summed E-state index contributed by atoms with van der Waals surface area (Å²) in [5.41, 5.74) is 0. The molecule has 1 aliphatic rings. The Morgan fingerprint density at radius 1 is 0.292 bits per heavy atom. The predicted octanol–water partition coefficient (Wildman–Crippen LogP) is 17.4. The molecule has 0 N–H and O–H groups in total. The Morgan fingerprint density at radius 2 is 0.521 bits per heavy atom. The third-order valence-electron chi connectivity index (χ3n) is 11.9. The summed E-state index contributed by atoms with van der Waals surface area (Å²) in [6.45, 7) is 5.66. The lowest BCUT2D eigenvalue weighted by Crippen LogP contribution is -2.15. The Hall–Kier alpha value is -0.0400. The maximum Gasteiger partial charge on any atom is 0.0604 e. The van der Waals surface area contributed by atoms with Crippen LogP contribution in [0, 0.1) is 5.92 Å². The minimum absolute atomic E-state index is 0.594. The van der Waals surface area contributed by atoms with E-state index in [1.807, 2.05) is 0 Å². The Labute approximate surface area is 306 Å². The van der Waals surface area contributed by atoms with Gasteiger partial charge in [0.15, 0.2) is 0 Å². The van der Waals surface area contributed by atoms with E-state index in [1.165, 1.54) is 270 Å². The second kappa shape index (κ2) is 39.7. The van der Waals surface area contributed by atoms with Crippen molar-refractivity contribution in [1.29, 1.82) is 0 Å². The molecule has 0 radical (unpaired) electrons. The van der Waals surface area contributed by atoms with Gasteiger partial charge in [-0.2, -0.15) is 0 Å². The van der Waals surface area contributed by atoms with Crippen molar-refractivity contribution in [2.45, 2.75) is 290 Å². The van der Waals surface area contributed by atoms with Gasteiger partial charge in [-0.25, -0.2) is 0 Å². The first-order valence-corrected chi connectivity index (χ1v) is 23.5. The van der Waals surface area contributed by atoms with E-state index in [1.54, 1.807) is 0 Å². The fraction of sp³-hybridized carbons (Fsp3) is 1.00. The fourth-order valence-corrected chi connectivity index (χ4v) is 8.43. The van der Waals surface area contributed by atoms with Crippen LogP contribution in [-0.2, 0) is 4.74 Å². The van der Waals surface area contributed by atoms with Gasteiger partial charge < -0.3 is 4.74 Å². The van der Waals surface area contributed by atoms with Crippen molar-refractivity contribution in [1.82, 2.24) is 0 Å². The van der Waals surface area contributed by atoms with E-state index >= 15 is 0 Å². The lowest BCUT2D eigenvalue weighted by atomic mass is 9.91. The number of rotatable bonds is 41. The summed E-state index contributed by atoms with van der Waals surface area (Å²) < 4.78 is 6.20. The topological polar surface area (TPSA) is 9.23 Å². The molecule has 48 heavy (non-hydrogen) atoms. The Bertz CT molecular complexity index is 571. The van der Waals surface area contributed by atoms with Gasteiger partial charge in [0.25, 0.3) is 0 Å². The van der Waals surface area contributed by atoms with Gasteiger partial charge >= 0.3 is 0 Å². The quantitative estimate of drug-likeness (QED) is 0.0587. The van der Waals surface area contributed by atoms with Gasteiger partial charge in [-0.15, -0.1) is 0 Å². The Balaban J connectivity index is 1.75. The Kier molecular flexibility index (Phi) is 38.1. The smallest absolute Gasteiger partial charge is 0.0604 e. The van der Waals surface area contributed by atoms with Crippen molar-refractivity contribution in [3.8, 4) is 0 Å². The van der Waals surface area contributed by atoms with Gasteiger partial charge in [-0.1, -0.05) is 264 Å². The van der Waals surface area contributed by atoms with E-state index in [0.717, 1.165) is 12.5 Å². The summed E-state index contributed by atoms with van der Waals surface area (Å²) in [4.78, 5) is 0. The summed E-state index contributed by atoms with van der Waals surface area (Å²) in [5.74, 6) is 0.871. The molecule has 0 aromatic heterocycles. The van der Waals surface area contributed by atoms with Crippen molar-refractivity contribution in [2.75, 3.05) is 6.61 Å². The van der Waals surface area contributed by atoms with Gasteiger partial charge in [0.2, 0.25) is 0 Å². The third kappa shape index (κ3) is 33.1. The SMILES string of the molecule is CCCCCCCCCCCCCCCCCCCCCCC1CCOC1CCCCCCCCCCCCCCCCCCCCC. The maximum atomic E-state index is 6.20. The fourth-order valence-electron chi connectivity index (χ4n) is 8.43. The van der Waals surface area contributed by atoms with Gasteiger partial charge in [-0.05, 0) is 25.2 Å². The summed E-state index contributed by atoms with van der Waals surface area (Å²) in [5, 5.41) is 0. The number of unbranched alkanes of at least 4 members (excludes halogenated alkanes) is 37. The van der Waals surface area contributed by atoms with Crippen LogP contribution in [0.25, 0.3) is 0 Å². The van der Waals surface area contributed by atoms with Gasteiger partial charge in [0, 0.05) is 6.61 Å². The van der Waals surface area contributed by atoms with Crippen molar-refractivity contribution in [3.05, 3.63) is 0 Å². The zero-order valence-corrected chi connectivity index (χ0v) is 34.0. The lowest BCUT2D eigenvalue weighted by Gasteiger charge is -2.18. The number of ether oxygens (including phenoxy) is 1. The molecule has 2 atom stereocenters. The van der Waals surface area contributed by atoms with Crippen LogP contribution in [0.1, 0.15) is 284 Å². The lowest BCUT2D eigenvalue weighted by molar-refractivity contribution is 0.0785. The van der Waals surface area contributed by atoms with E-state index in [9.17, 15) is 0 Å². The molecule has 0 bridgehead atoms. The largest absolute Gasteiger partial charge is 0.378 e. The molecule has 0 saturated carbocycles. The molecule has 288 valence electrons. The van der Waals surface area contributed by atoms with Crippen molar-refractivity contribution < 1.29 is 4.74 Å². The molecule has 0 aromatic rings. The first-order chi connectivity index (χ1) is 23.9. The standard InChI is InChI=1S/C47H94O/c1-3-5-7-9-11-13-15-17-19-21-23-25-26-28-30-32-34-36-38-40-42-46-44-45-48-47(46)43-41-39-37-35-33-31-29-27-24-22-20-18-16-14-12-10-8-6-4-2/h46-47H,3-45H2,1-2H3. The van der Waals surface area contributed by atoms with Crippen LogP contribution in [0.15, 0.2) is 0 Å². The molecule has 1 aliphatic heterocycles. The highest BCUT2D eigenvalue weighted by Gasteiger charge is 2.26. The molecule has 1 rings (SSSR count). The van der Waals surface area contributed by atoms with Crippen molar-refractivity contribution in [2.24, 2.45) is 5.92 Å². The molecule has 1 heteroatoms. The molecule has 0 aliphatic carbocycles. The molecule has 1 nitrogen and oxygen atoms in total. The van der Waals surface area contributed by atoms with Gasteiger partial charge in [0.1, 0.15) is 0 Å². The van der Waals surface area contributed by atoms with E-state index < -0.39 is 0 Å². The van der Waals surface area contributed by atoms with Crippen LogP contribution >= 0.6 is 0 Å². The van der Waals surface area contributed by atoms with E-state index in [-0.39, 0.29) is 0 Å². The van der Waals surface area contributed by atoms with Crippen LogP contribution in [0.3, 0.4) is 0 Å². The maximum absolute atomic E-state index is 6.20. The molecule has 0 aromatic carbocycles. The second-order valence-electron chi connectivity index (χ2n) is 16.6. The van der Waals surface area contributed by atoms with Crippen molar-refractivity contribution >= 4 is 0 Å². The average Bonchev–Trinajstić information content (AvgIpc) is 3.55. The van der Waals surface area contributed by atoms with Gasteiger partial charge in [0.05, 0.1) is 6.10 Å². The molecule has 0 amide bonds. The minimum Gasteiger partial charge on any atom is -0.378 e. The molecule has 1 saturated heterocycles. The van der Waals surface area contributed by atoms with E-state index in [2.05, 4.69) is 13.8 Å². The summed E-state index contributed by atoms with van der Waals surface area (Å²) in [7, 11) is 0. The molecule has 1 fully saturated rings. The number of hydrogen-bond acceptors (Lipinski definition) is 1. The Morgan fingerprint density at radius 3 is 0.792 bits per heavy atom. The highest BCUT2D eigenvalue weighted by molar-refractivity contribution is 4.76. The van der Waals surface area contributed by atoms with Gasteiger partial charge in [-0.3, -0.25) is 0 Å². The first-order valence-electron chi connectivity index (χ1n) is 23.5. The third-order valence-corrected chi connectivity index (χ3v) is 11.9. The van der Waals surface area contributed by atoms with Crippen molar-refractivity contribution in [3.63, 3.8) is 0 Å². The van der Waals surface area contributed by atoms with Crippen LogP contribution in [0.2, 0.25) is 0 Å². The zero-order chi connectivity index (χ0) is 34.3. The summed E-state index contributed by atoms with van der Waals surface area (Å²) in [6.07, 6.45) is 61.9. The first kappa shape index (κ1) is 46.0. The molecular formula is C47H94O. The molecule has 2 unspecified atom stereocenters. The summed E-state index contributed by atoms with van der Waals surface area (Å²) >= 11 is 0. The van der Waals surface area contributed by atoms with Crippen LogP contribution in [0.5, 0.6) is 0 Å². The minimum atomic E-state index is 0.594.